The summed E-state index contributed by atoms with van der Waals surface area (Å²) in [6, 6.07) is 10.7. The summed E-state index contributed by atoms with van der Waals surface area (Å²) in [5, 5.41) is 0. The largest absolute Gasteiger partial charge is 0.369 e. The average molecular weight is 300 g/mol. The van der Waals surface area contributed by atoms with Gasteiger partial charge in [-0.2, -0.15) is 0 Å². The van der Waals surface area contributed by atoms with E-state index in [2.05, 4.69) is 42.3 Å². The summed E-state index contributed by atoms with van der Waals surface area (Å²) >= 11 is 0. The number of primary amides is 1. The number of rotatable bonds is 3. The molecule has 1 amide bonds. The predicted molar refractivity (Wildman–Crippen MR) is 89.5 cm³/mol. The van der Waals surface area contributed by atoms with Gasteiger partial charge in [-0.1, -0.05) is 49.6 Å². The minimum absolute atomic E-state index is 0.0531. The van der Waals surface area contributed by atoms with Crippen molar-refractivity contribution in [1.82, 2.24) is 4.90 Å². The Bertz CT molecular complexity index is 507. The van der Waals surface area contributed by atoms with Crippen molar-refractivity contribution in [3.05, 3.63) is 35.9 Å². The minimum Gasteiger partial charge on any atom is -0.369 e. The van der Waals surface area contributed by atoms with E-state index in [4.69, 9.17) is 5.73 Å². The Morgan fingerprint density at radius 1 is 1.18 bits per heavy atom. The van der Waals surface area contributed by atoms with Gasteiger partial charge in [0.15, 0.2) is 0 Å². The van der Waals surface area contributed by atoms with E-state index in [1.807, 2.05) is 0 Å². The van der Waals surface area contributed by atoms with Crippen LogP contribution in [0, 0.1) is 11.3 Å². The summed E-state index contributed by atoms with van der Waals surface area (Å²) in [5.41, 5.74) is 7.04. The van der Waals surface area contributed by atoms with Gasteiger partial charge in [-0.05, 0) is 44.3 Å². The van der Waals surface area contributed by atoms with E-state index in [9.17, 15) is 4.79 Å². The smallest absolute Gasteiger partial charge is 0.223 e. The molecular formula is C19H28N2O. The second-order valence-corrected chi connectivity index (χ2v) is 7.26. The van der Waals surface area contributed by atoms with Gasteiger partial charge in [0.2, 0.25) is 5.91 Å². The maximum absolute atomic E-state index is 12.4. The molecule has 0 radical (unpaired) electrons. The Morgan fingerprint density at radius 3 is 2.50 bits per heavy atom. The van der Waals surface area contributed by atoms with E-state index in [-0.39, 0.29) is 11.3 Å². The Hall–Kier alpha value is -1.35. The van der Waals surface area contributed by atoms with Gasteiger partial charge in [-0.15, -0.1) is 0 Å². The quantitative estimate of drug-likeness (QED) is 0.932. The number of nitrogens with zero attached hydrogens (tertiary/aromatic N) is 1. The molecule has 3 rings (SSSR count). The van der Waals surface area contributed by atoms with Crippen molar-refractivity contribution in [2.75, 3.05) is 20.1 Å². The van der Waals surface area contributed by atoms with Crippen LogP contribution >= 0.6 is 0 Å². The highest BCUT2D eigenvalue weighted by Crippen LogP contribution is 2.51. The summed E-state index contributed by atoms with van der Waals surface area (Å²) < 4.78 is 0. The monoisotopic (exact) mass is 300 g/mol. The van der Waals surface area contributed by atoms with Gasteiger partial charge >= 0.3 is 0 Å². The molecule has 2 fully saturated rings. The van der Waals surface area contributed by atoms with Gasteiger partial charge in [0.1, 0.15) is 0 Å². The van der Waals surface area contributed by atoms with Crippen molar-refractivity contribution in [3.63, 3.8) is 0 Å². The van der Waals surface area contributed by atoms with Crippen molar-refractivity contribution in [2.24, 2.45) is 17.1 Å². The van der Waals surface area contributed by atoms with Crippen LogP contribution in [-0.4, -0.2) is 30.9 Å². The van der Waals surface area contributed by atoms with Gasteiger partial charge in [-0.3, -0.25) is 4.79 Å². The number of likely N-dealkylation sites (N-methyl/N-ethyl adjacent to an activating group) is 1. The molecule has 2 aliphatic rings. The van der Waals surface area contributed by atoms with Gasteiger partial charge in [0.25, 0.3) is 0 Å². The number of hydrogen-bond donors (Lipinski definition) is 1. The van der Waals surface area contributed by atoms with Gasteiger partial charge in [0.05, 0.1) is 5.41 Å². The zero-order valence-electron chi connectivity index (χ0n) is 13.6. The first kappa shape index (κ1) is 15.5. The lowest BCUT2D eigenvalue weighted by atomic mass is 9.58. The summed E-state index contributed by atoms with van der Waals surface area (Å²) in [7, 11) is 2.18. The normalized spacial score (nSPS) is 29.1. The number of benzene rings is 1. The molecule has 0 aromatic heterocycles. The van der Waals surface area contributed by atoms with E-state index < -0.39 is 0 Å². The first-order chi connectivity index (χ1) is 10.6. The van der Waals surface area contributed by atoms with Crippen LogP contribution in [0.2, 0.25) is 0 Å². The molecule has 1 aliphatic heterocycles. The van der Waals surface area contributed by atoms with Crippen molar-refractivity contribution in [2.45, 2.75) is 44.4 Å². The Balaban J connectivity index is 1.96. The lowest BCUT2D eigenvalue weighted by Gasteiger charge is -2.48. The molecule has 1 aromatic carbocycles. The van der Waals surface area contributed by atoms with E-state index in [1.165, 1.54) is 12.0 Å². The number of nitrogens with two attached hydrogens (primary N) is 1. The fourth-order valence-corrected chi connectivity index (χ4v) is 4.80. The van der Waals surface area contributed by atoms with Crippen LogP contribution in [0.4, 0.5) is 0 Å². The lowest BCUT2D eigenvalue weighted by molar-refractivity contribution is -0.135. The van der Waals surface area contributed by atoms with Crippen molar-refractivity contribution >= 4 is 5.91 Å². The molecule has 1 aromatic rings. The third kappa shape index (κ3) is 2.79. The topological polar surface area (TPSA) is 46.3 Å². The second-order valence-electron chi connectivity index (χ2n) is 7.26. The molecular weight excluding hydrogens is 272 g/mol. The summed E-state index contributed by atoms with van der Waals surface area (Å²) in [4.78, 5) is 14.8. The fraction of sp³-hybridized carbons (Fsp3) is 0.632. The average Bonchev–Trinajstić information content (AvgIpc) is 2.56. The third-order valence-electron chi connectivity index (χ3n) is 5.99. The maximum atomic E-state index is 12.4. The molecule has 0 spiro atoms. The first-order valence-electron chi connectivity index (χ1n) is 8.67. The number of hydrogen-bond acceptors (Lipinski definition) is 2. The molecule has 3 heteroatoms. The Kier molecular flexibility index (Phi) is 4.53. The summed E-state index contributed by atoms with van der Waals surface area (Å²) in [6.07, 6.45) is 6.60. The lowest BCUT2D eigenvalue weighted by Crippen LogP contribution is -2.51. The molecule has 22 heavy (non-hydrogen) atoms. The molecule has 1 heterocycles. The van der Waals surface area contributed by atoms with Crippen LogP contribution in [0.3, 0.4) is 0 Å². The predicted octanol–water partition coefficient (Wildman–Crippen LogP) is 3.16. The van der Waals surface area contributed by atoms with Crippen LogP contribution < -0.4 is 5.73 Å². The van der Waals surface area contributed by atoms with E-state index >= 15 is 0 Å². The first-order valence-corrected chi connectivity index (χ1v) is 8.67. The number of carbonyl (C=O) groups is 1. The zero-order chi connectivity index (χ0) is 15.6. The standard InChI is InChI=1S/C19H28N2O/c1-21-13-10-17(16(14-21)15-8-4-2-5-9-15)19(18(20)22)11-6-3-7-12-19/h2,4-5,8-9,16-17H,3,6-7,10-14H2,1H3,(H2,20,22)/t16-,17+/m0/s1. The van der Waals surface area contributed by atoms with Gasteiger partial charge < -0.3 is 10.6 Å². The molecule has 0 bridgehead atoms. The number of likely N-dealkylation sites (tertiary alicyclic amines) is 1. The number of carbonyl (C=O) groups excluding carboxylic acids is 1. The van der Waals surface area contributed by atoms with Crippen molar-refractivity contribution < 1.29 is 4.79 Å². The second kappa shape index (κ2) is 6.41. The molecule has 2 N–H and O–H groups in total. The maximum Gasteiger partial charge on any atom is 0.223 e. The van der Waals surface area contributed by atoms with Crippen LogP contribution in [0.15, 0.2) is 30.3 Å². The van der Waals surface area contributed by atoms with Crippen LogP contribution in [0.1, 0.15) is 50.0 Å². The molecule has 120 valence electrons. The molecule has 1 saturated carbocycles. The molecule has 2 atom stereocenters. The summed E-state index contributed by atoms with van der Waals surface area (Å²) in [5.74, 6) is 0.761. The number of amides is 1. The summed E-state index contributed by atoms with van der Waals surface area (Å²) in [6.45, 7) is 2.10. The van der Waals surface area contributed by atoms with Gasteiger partial charge in [-0.25, -0.2) is 0 Å². The molecule has 0 unspecified atom stereocenters. The highest BCUT2D eigenvalue weighted by Gasteiger charge is 2.49. The zero-order valence-corrected chi connectivity index (χ0v) is 13.6. The van der Waals surface area contributed by atoms with Crippen LogP contribution in [0.25, 0.3) is 0 Å². The van der Waals surface area contributed by atoms with E-state index in [1.54, 1.807) is 0 Å². The molecule has 3 nitrogen and oxygen atoms in total. The number of piperidine rings is 1. The van der Waals surface area contributed by atoms with Crippen LogP contribution in [-0.2, 0) is 4.79 Å². The fourth-order valence-electron chi connectivity index (χ4n) is 4.80. The van der Waals surface area contributed by atoms with Crippen molar-refractivity contribution in [3.8, 4) is 0 Å². The van der Waals surface area contributed by atoms with E-state index in [0.29, 0.717) is 11.8 Å². The molecule has 1 saturated heterocycles. The Morgan fingerprint density at radius 2 is 1.86 bits per heavy atom. The van der Waals surface area contributed by atoms with E-state index in [0.717, 1.165) is 45.2 Å². The SMILES string of the molecule is CN1CC[C@@H](C2(C(N)=O)CCCCC2)[C@H](c2ccccc2)C1. The third-order valence-corrected chi connectivity index (χ3v) is 5.99. The minimum atomic E-state index is -0.278. The van der Waals surface area contributed by atoms with Crippen LogP contribution in [0.5, 0.6) is 0 Å². The highest BCUT2D eigenvalue weighted by atomic mass is 16.1. The molecule has 1 aliphatic carbocycles. The van der Waals surface area contributed by atoms with Crippen molar-refractivity contribution in [1.29, 1.82) is 0 Å². The Labute approximate surface area is 133 Å². The highest BCUT2D eigenvalue weighted by molar-refractivity contribution is 5.81. The van der Waals surface area contributed by atoms with Gasteiger partial charge in [0, 0.05) is 12.5 Å².